The van der Waals surface area contributed by atoms with E-state index in [1.165, 1.54) is 25.0 Å². The second kappa shape index (κ2) is 11.5. The molecule has 1 amide bonds. The maximum atomic E-state index is 14.8. The van der Waals surface area contributed by atoms with Gasteiger partial charge in [0.25, 0.3) is 5.91 Å². The summed E-state index contributed by atoms with van der Waals surface area (Å²) in [5.41, 5.74) is 0.798. The van der Waals surface area contributed by atoms with Crippen LogP contribution in [-0.4, -0.2) is 73.0 Å². The zero-order valence-electron chi connectivity index (χ0n) is 22.2. The van der Waals surface area contributed by atoms with Crippen LogP contribution < -0.4 is 4.74 Å². The molecule has 2 aromatic rings. The lowest BCUT2D eigenvalue weighted by molar-refractivity contribution is -0.149. The molecule has 36 heavy (non-hydrogen) atoms. The van der Waals surface area contributed by atoms with Crippen LogP contribution in [0.25, 0.3) is 11.3 Å². The number of pyridine rings is 1. The third-order valence-corrected chi connectivity index (χ3v) is 8.29. The van der Waals surface area contributed by atoms with Crippen LogP contribution in [0.3, 0.4) is 0 Å². The number of carbonyl (C=O) groups excluding carboxylic acids is 2. The molecule has 0 saturated carbocycles. The summed E-state index contributed by atoms with van der Waals surface area (Å²) in [4.78, 5) is 31.3. The second-order valence-corrected chi connectivity index (χ2v) is 16.2. The van der Waals surface area contributed by atoms with Crippen LogP contribution in [0.4, 0.5) is 4.39 Å². The van der Waals surface area contributed by atoms with Crippen molar-refractivity contribution in [3.63, 3.8) is 0 Å². The minimum absolute atomic E-state index is 0.0639. The SMILES string of the molecule is COC(=O)C1CC(C)N(C(=O)c2cc(-c3cc(OC)ncc3F)n(COCC[Si](C)(C)C)n2)CC1C. The van der Waals surface area contributed by atoms with Crippen LogP contribution in [0, 0.1) is 17.7 Å². The molecule has 1 aliphatic heterocycles. The van der Waals surface area contributed by atoms with E-state index >= 15 is 0 Å². The number of hydrogen-bond donors (Lipinski definition) is 0. The van der Waals surface area contributed by atoms with Crippen molar-refractivity contribution in [3.05, 3.63) is 29.8 Å². The van der Waals surface area contributed by atoms with Crippen LogP contribution >= 0.6 is 0 Å². The molecule has 0 radical (unpaired) electrons. The Morgan fingerprint density at radius 1 is 1.19 bits per heavy atom. The number of aromatic nitrogens is 3. The molecule has 1 aliphatic rings. The third-order valence-electron chi connectivity index (χ3n) is 6.59. The summed E-state index contributed by atoms with van der Waals surface area (Å²) in [5, 5.41) is 4.51. The fourth-order valence-electron chi connectivity index (χ4n) is 4.35. The number of piperidine rings is 1. The first kappa shape index (κ1) is 27.8. The van der Waals surface area contributed by atoms with E-state index < -0.39 is 13.9 Å². The lowest BCUT2D eigenvalue weighted by Crippen LogP contribution is -2.50. The Morgan fingerprint density at radius 3 is 2.56 bits per heavy atom. The van der Waals surface area contributed by atoms with Gasteiger partial charge in [-0.1, -0.05) is 26.6 Å². The van der Waals surface area contributed by atoms with E-state index in [4.69, 9.17) is 14.2 Å². The number of methoxy groups -OCH3 is 2. The summed E-state index contributed by atoms with van der Waals surface area (Å²) < 4.78 is 32.3. The molecule has 2 aromatic heterocycles. The monoisotopic (exact) mass is 520 g/mol. The molecule has 9 nitrogen and oxygen atoms in total. The number of ether oxygens (including phenoxy) is 3. The van der Waals surface area contributed by atoms with Gasteiger partial charge >= 0.3 is 5.97 Å². The van der Waals surface area contributed by atoms with Crippen LogP contribution in [-0.2, 0) is 21.0 Å². The summed E-state index contributed by atoms with van der Waals surface area (Å²) >= 11 is 0. The van der Waals surface area contributed by atoms with Crippen molar-refractivity contribution in [1.82, 2.24) is 19.7 Å². The first-order valence-corrected chi connectivity index (χ1v) is 15.9. The maximum Gasteiger partial charge on any atom is 0.309 e. The highest BCUT2D eigenvalue weighted by molar-refractivity contribution is 6.76. The molecule has 3 rings (SSSR count). The summed E-state index contributed by atoms with van der Waals surface area (Å²) in [6.07, 6.45) is 1.59. The summed E-state index contributed by atoms with van der Waals surface area (Å²) in [6.45, 7) is 11.6. The maximum absolute atomic E-state index is 14.8. The van der Waals surface area contributed by atoms with E-state index in [1.54, 1.807) is 11.0 Å². The van der Waals surface area contributed by atoms with Crippen molar-refractivity contribution in [1.29, 1.82) is 0 Å². The van der Waals surface area contributed by atoms with Gasteiger partial charge in [0, 0.05) is 38.9 Å². The van der Waals surface area contributed by atoms with Gasteiger partial charge in [0.2, 0.25) is 5.88 Å². The highest BCUT2D eigenvalue weighted by Crippen LogP contribution is 2.31. The number of esters is 1. The average Bonchev–Trinajstić information content (AvgIpc) is 3.25. The van der Waals surface area contributed by atoms with Crippen LogP contribution in [0.5, 0.6) is 5.88 Å². The molecule has 0 bridgehead atoms. The Hall–Kier alpha value is -2.79. The molecule has 0 spiro atoms. The molecule has 1 fully saturated rings. The minimum atomic E-state index is -1.29. The van der Waals surface area contributed by atoms with E-state index in [-0.39, 0.29) is 53.6 Å². The second-order valence-electron chi connectivity index (χ2n) is 10.6. The standard InChI is InChI=1S/C25H37FN4O5Si/c1-16-14-29(17(2)10-18(16)25(32)34-4)24(31)21-12-22(19-11-23(33-3)27-13-20(19)26)30(28-21)15-35-8-9-36(5,6)7/h11-13,16-18H,8-10,14-15H2,1-7H3. The Morgan fingerprint density at radius 2 is 1.92 bits per heavy atom. The summed E-state index contributed by atoms with van der Waals surface area (Å²) in [5.74, 6) is -1.17. The fraction of sp³-hybridized carbons (Fsp3) is 0.600. The molecular formula is C25H37FN4O5Si. The van der Waals surface area contributed by atoms with Gasteiger partial charge in [-0.3, -0.25) is 9.59 Å². The number of carbonyl (C=O) groups is 2. The lowest BCUT2D eigenvalue weighted by Gasteiger charge is -2.40. The molecule has 3 atom stereocenters. The number of likely N-dealkylation sites (tertiary alicyclic amines) is 1. The van der Waals surface area contributed by atoms with E-state index in [2.05, 4.69) is 29.7 Å². The van der Waals surface area contributed by atoms with E-state index in [0.29, 0.717) is 25.3 Å². The number of amides is 1. The molecule has 11 heteroatoms. The normalized spacial score (nSPS) is 20.3. The number of halogens is 1. The summed E-state index contributed by atoms with van der Waals surface area (Å²) in [6, 6.07) is 3.84. The van der Waals surface area contributed by atoms with Crippen LogP contribution in [0.1, 0.15) is 30.8 Å². The van der Waals surface area contributed by atoms with Gasteiger partial charge in [-0.25, -0.2) is 14.1 Å². The first-order chi connectivity index (χ1) is 16.9. The minimum Gasteiger partial charge on any atom is -0.481 e. The van der Waals surface area contributed by atoms with Crippen LogP contribution in [0.15, 0.2) is 18.3 Å². The quantitative estimate of drug-likeness (QED) is 0.279. The van der Waals surface area contributed by atoms with Crippen molar-refractivity contribution >= 4 is 20.0 Å². The molecule has 0 aromatic carbocycles. The Balaban J connectivity index is 1.90. The molecule has 0 aliphatic carbocycles. The Labute approximate surface area is 212 Å². The molecular weight excluding hydrogens is 483 g/mol. The lowest BCUT2D eigenvalue weighted by atomic mass is 9.83. The topological polar surface area (TPSA) is 95.8 Å². The van der Waals surface area contributed by atoms with Gasteiger partial charge in [0.1, 0.15) is 6.73 Å². The largest absolute Gasteiger partial charge is 0.481 e. The molecule has 0 N–H and O–H groups in total. The van der Waals surface area contributed by atoms with Gasteiger partial charge in [0.05, 0.1) is 32.0 Å². The van der Waals surface area contributed by atoms with Crippen molar-refractivity contribution in [3.8, 4) is 17.1 Å². The van der Waals surface area contributed by atoms with E-state index in [0.717, 1.165) is 12.2 Å². The highest BCUT2D eigenvalue weighted by atomic mass is 28.3. The predicted molar refractivity (Wildman–Crippen MR) is 136 cm³/mol. The molecule has 3 heterocycles. The summed E-state index contributed by atoms with van der Waals surface area (Å²) in [7, 11) is 1.54. The fourth-order valence-corrected chi connectivity index (χ4v) is 5.10. The number of hydrogen-bond acceptors (Lipinski definition) is 7. The van der Waals surface area contributed by atoms with Crippen molar-refractivity contribution in [2.75, 3.05) is 27.4 Å². The molecule has 3 unspecified atom stereocenters. The smallest absolute Gasteiger partial charge is 0.309 e. The van der Waals surface area contributed by atoms with Gasteiger partial charge in [0.15, 0.2) is 11.5 Å². The van der Waals surface area contributed by atoms with Crippen molar-refractivity contribution < 1.29 is 28.2 Å². The molecule has 198 valence electrons. The zero-order valence-corrected chi connectivity index (χ0v) is 23.2. The van der Waals surface area contributed by atoms with Crippen molar-refractivity contribution in [2.24, 2.45) is 11.8 Å². The Kier molecular flexibility index (Phi) is 8.88. The predicted octanol–water partition coefficient (Wildman–Crippen LogP) is 4.06. The van der Waals surface area contributed by atoms with E-state index in [1.807, 2.05) is 13.8 Å². The van der Waals surface area contributed by atoms with Crippen LogP contribution in [0.2, 0.25) is 25.7 Å². The number of rotatable bonds is 9. The average molecular weight is 521 g/mol. The first-order valence-electron chi connectivity index (χ1n) is 12.2. The Bertz CT molecular complexity index is 1090. The van der Waals surface area contributed by atoms with E-state index in [9.17, 15) is 14.0 Å². The van der Waals surface area contributed by atoms with Gasteiger partial charge in [-0.15, -0.1) is 0 Å². The zero-order chi connectivity index (χ0) is 26.6. The number of nitrogens with zero attached hydrogens (tertiary/aromatic N) is 4. The van der Waals surface area contributed by atoms with Gasteiger partial charge in [-0.05, 0) is 31.4 Å². The van der Waals surface area contributed by atoms with Gasteiger partial charge in [-0.2, -0.15) is 5.10 Å². The van der Waals surface area contributed by atoms with Crippen molar-refractivity contribution in [2.45, 2.75) is 58.7 Å². The molecule has 1 saturated heterocycles. The highest BCUT2D eigenvalue weighted by Gasteiger charge is 2.39. The van der Waals surface area contributed by atoms with Gasteiger partial charge < -0.3 is 19.1 Å². The third kappa shape index (κ3) is 6.50.